The monoisotopic (exact) mass is 326 g/mol. The molecule has 0 aliphatic heterocycles. The highest BCUT2D eigenvalue weighted by Gasteiger charge is 2.16. The molecule has 0 amide bonds. The number of rotatable bonds is 7. The van der Waals surface area contributed by atoms with Gasteiger partial charge in [0.1, 0.15) is 0 Å². The molecule has 0 unspecified atom stereocenters. The van der Waals surface area contributed by atoms with Gasteiger partial charge in [-0.3, -0.25) is 20.6 Å². The van der Waals surface area contributed by atoms with Crippen molar-refractivity contribution in [1.29, 1.82) is 0 Å². The summed E-state index contributed by atoms with van der Waals surface area (Å²) in [5, 5.41) is 24.8. The van der Waals surface area contributed by atoms with Gasteiger partial charge in [-0.25, -0.2) is 4.98 Å². The number of hydrogen-bond donors (Lipinski definition) is 4. The second-order valence-corrected chi connectivity index (χ2v) is 4.96. The first kappa shape index (κ1) is 15.9. The fourth-order valence-electron chi connectivity index (χ4n) is 1.73. The van der Waals surface area contributed by atoms with Crippen LogP contribution in [0.3, 0.4) is 0 Å². The van der Waals surface area contributed by atoms with E-state index in [4.69, 9.17) is 14.6 Å². The second-order valence-electron chi connectivity index (χ2n) is 4.01. The highest BCUT2D eigenvalue weighted by molar-refractivity contribution is 7.99. The van der Waals surface area contributed by atoms with Gasteiger partial charge < -0.3 is 14.6 Å². The van der Waals surface area contributed by atoms with E-state index in [0.29, 0.717) is 28.6 Å². The topological polar surface area (TPSA) is 130 Å². The number of carbonyl (C=O) groups is 1. The molecule has 0 saturated heterocycles. The Kier molecular flexibility index (Phi) is 5.07. The second kappa shape index (κ2) is 7.00. The Morgan fingerprint density at radius 1 is 1.36 bits per heavy atom. The zero-order valence-corrected chi connectivity index (χ0v) is 12.6. The van der Waals surface area contributed by atoms with E-state index < -0.39 is 5.97 Å². The fourth-order valence-corrected chi connectivity index (χ4v) is 2.24. The molecule has 10 heteroatoms. The number of aliphatic carboxylic acids is 1. The van der Waals surface area contributed by atoms with Gasteiger partial charge in [0.25, 0.3) is 0 Å². The molecular formula is C12H14N4O5S. The quantitative estimate of drug-likeness (QED) is 0.441. The maximum Gasteiger partial charge on any atom is 0.313 e. The molecule has 118 valence electrons. The molecule has 0 saturated carbocycles. The van der Waals surface area contributed by atoms with E-state index in [1.54, 1.807) is 12.1 Å². The average Bonchev–Trinajstić information content (AvgIpc) is 3.00. The lowest BCUT2D eigenvalue weighted by molar-refractivity contribution is -0.133. The summed E-state index contributed by atoms with van der Waals surface area (Å²) in [6, 6.07) is 3.16. The number of carboxylic acids is 1. The van der Waals surface area contributed by atoms with Crippen LogP contribution >= 0.6 is 11.8 Å². The zero-order valence-electron chi connectivity index (χ0n) is 11.8. The highest BCUT2D eigenvalue weighted by atomic mass is 32.2. The maximum atomic E-state index is 10.5. The molecule has 1 aromatic carbocycles. The Morgan fingerprint density at radius 2 is 2.05 bits per heavy atom. The summed E-state index contributed by atoms with van der Waals surface area (Å²) in [4.78, 5) is 14.7. The van der Waals surface area contributed by atoms with E-state index in [1.165, 1.54) is 14.2 Å². The van der Waals surface area contributed by atoms with Crippen LogP contribution in [-0.2, 0) is 4.79 Å². The van der Waals surface area contributed by atoms with E-state index >= 15 is 0 Å². The third kappa shape index (κ3) is 3.40. The van der Waals surface area contributed by atoms with Crippen LogP contribution in [0.25, 0.3) is 11.4 Å². The predicted molar refractivity (Wildman–Crippen MR) is 78.7 cm³/mol. The van der Waals surface area contributed by atoms with Gasteiger partial charge in [0.2, 0.25) is 5.16 Å². The third-order valence-electron chi connectivity index (χ3n) is 2.69. The van der Waals surface area contributed by atoms with Gasteiger partial charge in [-0.2, -0.15) is 0 Å². The smallest absolute Gasteiger partial charge is 0.313 e. The Hall–Kier alpha value is -2.46. The molecule has 2 aromatic rings. The fraction of sp³-hybridized carbons (Fsp3) is 0.250. The first-order chi connectivity index (χ1) is 10.6. The van der Waals surface area contributed by atoms with Crippen molar-refractivity contribution >= 4 is 23.4 Å². The van der Waals surface area contributed by atoms with Crippen LogP contribution in [0.15, 0.2) is 17.3 Å². The lowest BCUT2D eigenvalue weighted by Gasteiger charge is -2.12. The molecule has 0 radical (unpaired) electrons. The Morgan fingerprint density at radius 3 is 2.64 bits per heavy atom. The number of thioether (sulfide) groups is 1. The van der Waals surface area contributed by atoms with Crippen molar-refractivity contribution in [3.05, 3.63) is 12.1 Å². The number of nitrogens with one attached hydrogen (secondary N) is 2. The molecule has 22 heavy (non-hydrogen) atoms. The summed E-state index contributed by atoms with van der Waals surface area (Å²) < 4.78 is 10.4. The number of H-pyrrole nitrogens is 1. The van der Waals surface area contributed by atoms with Crippen molar-refractivity contribution in [3.63, 3.8) is 0 Å². The zero-order chi connectivity index (χ0) is 16.1. The Labute approximate surface area is 129 Å². The molecule has 1 aromatic heterocycles. The summed E-state index contributed by atoms with van der Waals surface area (Å²) in [6.07, 6.45) is 0. The van der Waals surface area contributed by atoms with Crippen LogP contribution in [0.4, 0.5) is 5.69 Å². The van der Waals surface area contributed by atoms with E-state index in [0.717, 1.165) is 11.8 Å². The minimum absolute atomic E-state index is 0.145. The number of aromatic amines is 1. The summed E-state index contributed by atoms with van der Waals surface area (Å²) >= 11 is 0.983. The Balaban J connectivity index is 2.36. The molecule has 0 aliphatic carbocycles. The first-order valence-electron chi connectivity index (χ1n) is 6.02. The summed E-state index contributed by atoms with van der Waals surface area (Å²) in [7, 11) is 2.97. The number of carboxylic acid groups (broad SMARTS) is 1. The predicted octanol–water partition coefficient (Wildman–Crippen LogP) is 1.47. The molecule has 0 aliphatic rings. The van der Waals surface area contributed by atoms with Gasteiger partial charge in [0.05, 0.1) is 25.7 Å². The number of anilines is 1. The van der Waals surface area contributed by atoms with Crippen molar-refractivity contribution in [3.8, 4) is 22.9 Å². The van der Waals surface area contributed by atoms with Crippen LogP contribution in [0, 0.1) is 0 Å². The van der Waals surface area contributed by atoms with E-state index in [1.807, 2.05) is 0 Å². The molecule has 0 atom stereocenters. The van der Waals surface area contributed by atoms with E-state index in [2.05, 4.69) is 20.7 Å². The van der Waals surface area contributed by atoms with Gasteiger partial charge in [-0.1, -0.05) is 11.8 Å². The van der Waals surface area contributed by atoms with Crippen LogP contribution in [0.1, 0.15) is 0 Å². The van der Waals surface area contributed by atoms with E-state index in [9.17, 15) is 10.0 Å². The lowest BCUT2D eigenvalue weighted by atomic mass is 10.1. The number of nitrogens with zero attached hydrogens (tertiary/aromatic N) is 2. The highest BCUT2D eigenvalue weighted by Crippen LogP contribution is 2.37. The maximum absolute atomic E-state index is 10.5. The van der Waals surface area contributed by atoms with Gasteiger partial charge in [-0.05, 0) is 6.07 Å². The SMILES string of the molecule is COc1cc(NO)c(-c2nc(SCC(=O)O)n[nH]2)cc1OC. The van der Waals surface area contributed by atoms with Gasteiger partial charge in [0, 0.05) is 11.6 Å². The largest absolute Gasteiger partial charge is 0.493 e. The first-order valence-corrected chi connectivity index (χ1v) is 7.01. The molecule has 0 spiro atoms. The van der Waals surface area contributed by atoms with Crippen molar-refractivity contribution in [2.45, 2.75) is 5.16 Å². The lowest BCUT2D eigenvalue weighted by Crippen LogP contribution is -1.98. The summed E-state index contributed by atoms with van der Waals surface area (Å²) in [5.41, 5.74) is 2.89. The average molecular weight is 326 g/mol. The minimum Gasteiger partial charge on any atom is -0.493 e. The minimum atomic E-state index is -0.958. The molecule has 2 rings (SSSR count). The van der Waals surface area contributed by atoms with E-state index in [-0.39, 0.29) is 10.9 Å². The number of ether oxygens (including phenoxy) is 2. The summed E-state index contributed by atoms with van der Waals surface area (Å²) in [6.45, 7) is 0. The van der Waals surface area contributed by atoms with Crippen molar-refractivity contribution in [2.75, 3.05) is 25.5 Å². The molecule has 9 nitrogen and oxygen atoms in total. The summed E-state index contributed by atoms with van der Waals surface area (Å²) in [5.74, 6) is 0.134. The van der Waals surface area contributed by atoms with Crippen molar-refractivity contribution < 1.29 is 24.6 Å². The number of benzene rings is 1. The Bertz CT molecular complexity index is 676. The molecule has 0 bridgehead atoms. The molecule has 4 N–H and O–H groups in total. The van der Waals surface area contributed by atoms with Crippen LogP contribution in [-0.4, -0.2) is 51.4 Å². The number of hydrogen-bond acceptors (Lipinski definition) is 8. The van der Waals surface area contributed by atoms with Gasteiger partial charge >= 0.3 is 5.97 Å². The third-order valence-corrected chi connectivity index (χ3v) is 3.52. The number of aromatic nitrogens is 3. The van der Waals surface area contributed by atoms with Crippen molar-refractivity contribution in [1.82, 2.24) is 15.2 Å². The van der Waals surface area contributed by atoms with Crippen LogP contribution in [0.2, 0.25) is 0 Å². The molecule has 1 heterocycles. The number of methoxy groups -OCH3 is 2. The molecule has 0 fully saturated rings. The van der Waals surface area contributed by atoms with Gasteiger partial charge in [-0.15, -0.1) is 5.10 Å². The van der Waals surface area contributed by atoms with Crippen LogP contribution < -0.4 is 15.0 Å². The van der Waals surface area contributed by atoms with Gasteiger partial charge in [0.15, 0.2) is 17.3 Å². The standard InChI is InChI=1S/C12H14N4O5S/c1-20-8-3-6(7(16-19)4-9(8)21-2)11-13-12(15-14-11)22-5-10(17)18/h3-4,16,19H,5H2,1-2H3,(H,17,18)(H,13,14,15). The van der Waals surface area contributed by atoms with Crippen LogP contribution in [0.5, 0.6) is 11.5 Å². The van der Waals surface area contributed by atoms with Crippen molar-refractivity contribution in [2.24, 2.45) is 0 Å². The normalized spacial score (nSPS) is 10.3. The molecular weight excluding hydrogens is 312 g/mol.